The molecular weight excluding hydrogens is 300 g/mol. The van der Waals surface area contributed by atoms with E-state index in [1.807, 2.05) is 57.4 Å². The SMILES string of the molecule is Cc1ccc(C#Cc2ccc(S(=O)/N=C/N(C)C)s2)cc1. The summed E-state index contributed by atoms with van der Waals surface area (Å²) in [5, 5.41) is 0. The summed E-state index contributed by atoms with van der Waals surface area (Å²) >= 11 is 1.41. The van der Waals surface area contributed by atoms with Gasteiger partial charge in [-0.25, -0.2) is 4.21 Å². The molecule has 5 heteroatoms. The zero-order chi connectivity index (χ0) is 15.2. The van der Waals surface area contributed by atoms with Gasteiger partial charge in [0.05, 0.1) is 4.88 Å². The lowest BCUT2D eigenvalue weighted by Crippen LogP contribution is -2.08. The fourth-order valence-electron chi connectivity index (χ4n) is 1.44. The van der Waals surface area contributed by atoms with E-state index in [-0.39, 0.29) is 0 Å². The van der Waals surface area contributed by atoms with E-state index in [9.17, 15) is 4.21 Å². The van der Waals surface area contributed by atoms with Crippen LogP contribution in [0.3, 0.4) is 0 Å². The molecule has 0 fully saturated rings. The second-order valence-corrected chi connectivity index (χ2v) is 7.16. The maximum Gasteiger partial charge on any atom is 0.184 e. The molecule has 0 spiro atoms. The molecule has 2 aromatic rings. The molecule has 1 aromatic carbocycles. The summed E-state index contributed by atoms with van der Waals surface area (Å²) in [6.45, 7) is 2.05. The van der Waals surface area contributed by atoms with Gasteiger partial charge in [-0.15, -0.1) is 11.3 Å². The molecule has 0 aliphatic rings. The molecule has 0 saturated carbocycles. The highest BCUT2D eigenvalue weighted by atomic mass is 32.2. The minimum atomic E-state index is -1.36. The van der Waals surface area contributed by atoms with E-state index in [4.69, 9.17) is 0 Å². The van der Waals surface area contributed by atoms with Gasteiger partial charge in [0.25, 0.3) is 0 Å². The van der Waals surface area contributed by atoms with Crippen molar-refractivity contribution in [2.75, 3.05) is 14.1 Å². The third-order valence-electron chi connectivity index (χ3n) is 2.51. The first kappa shape index (κ1) is 15.5. The molecule has 21 heavy (non-hydrogen) atoms. The van der Waals surface area contributed by atoms with Crippen LogP contribution in [0.1, 0.15) is 16.0 Å². The minimum absolute atomic E-state index is 0.710. The Bertz CT molecular complexity index is 719. The highest BCUT2D eigenvalue weighted by molar-refractivity contribution is 7.86. The highest BCUT2D eigenvalue weighted by Crippen LogP contribution is 2.20. The summed E-state index contributed by atoms with van der Waals surface area (Å²) < 4.78 is 16.6. The highest BCUT2D eigenvalue weighted by Gasteiger charge is 2.04. The topological polar surface area (TPSA) is 32.7 Å². The standard InChI is InChI=1S/C16H16N2OS2/c1-13-4-6-14(7-5-13)8-9-15-10-11-16(20-15)21(19)17-12-18(2)3/h4-7,10-12H,1-3H3/b17-12+. The van der Waals surface area contributed by atoms with Crippen molar-refractivity contribution < 1.29 is 4.21 Å². The van der Waals surface area contributed by atoms with Crippen molar-refractivity contribution >= 4 is 28.7 Å². The van der Waals surface area contributed by atoms with Gasteiger partial charge in [-0.05, 0) is 31.2 Å². The molecule has 1 heterocycles. The molecule has 3 nitrogen and oxygen atoms in total. The van der Waals surface area contributed by atoms with Crippen molar-refractivity contribution in [3.63, 3.8) is 0 Å². The van der Waals surface area contributed by atoms with Crippen LogP contribution in [0.2, 0.25) is 0 Å². The lowest BCUT2D eigenvalue weighted by Gasteiger charge is -2.00. The lowest BCUT2D eigenvalue weighted by molar-refractivity contribution is 0.642. The lowest BCUT2D eigenvalue weighted by atomic mass is 10.1. The Balaban J connectivity index is 2.10. The first-order valence-corrected chi connectivity index (χ1v) is 8.28. The minimum Gasteiger partial charge on any atom is -0.368 e. The van der Waals surface area contributed by atoms with Crippen molar-refractivity contribution in [3.8, 4) is 11.8 Å². The molecule has 0 aliphatic heterocycles. The maximum absolute atomic E-state index is 11.9. The van der Waals surface area contributed by atoms with Crippen molar-refractivity contribution in [1.29, 1.82) is 0 Å². The van der Waals surface area contributed by atoms with Gasteiger partial charge in [-0.1, -0.05) is 29.5 Å². The maximum atomic E-state index is 11.9. The van der Waals surface area contributed by atoms with E-state index in [1.54, 1.807) is 11.2 Å². The van der Waals surface area contributed by atoms with Crippen LogP contribution >= 0.6 is 11.3 Å². The van der Waals surface area contributed by atoms with Crippen LogP contribution in [0.25, 0.3) is 0 Å². The van der Waals surface area contributed by atoms with E-state index in [0.29, 0.717) is 4.21 Å². The van der Waals surface area contributed by atoms with Crippen molar-refractivity contribution in [1.82, 2.24) is 4.90 Å². The summed E-state index contributed by atoms with van der Waals surface area (Å²) in [5.41, 5.74) is 2.19. The molecule has 0 aliphatic carbocycles. The predicted octanol–water partition coefficient (Wildman–Crippen LogP) is 3.07. The Labute approximate surface area is 131 Å². The summed E-state index contributed by atoms with van der Waals surface area (Å²) in [7, 11) is 2.33. The molecule has 1 unspecified atom stereocenters. The number of rotatable bonds is 3. The van der Waals surface area contributed by atoms with Gasteiger partial charge < -0.3 is 4.90 Å². The number of aryl methyl sites for hydroxylation is 1. The van der Waals surface area contributed by atoms with Gasteiger partial charge in [0.2, 0.25) is 0 Å². The molecule has 0 radical (unpaired) electrons. The molecular formula is C16H16N2OS2. The van der Waals surface area contributed by atoms with Crippen LogP contribution < -0.4 is 0 Å². The second-order valence-electron chi connectivity index (χ2n) is 4.67. The molecule has 1 aromatic heterocycles. The van der Waals surface area contributed by atoms with E-state index in [1.165, 1.54) is 16.9 Å². The Hall–Kier alpha value is -1.90. The van der Waals surface area contributed by atoms with Crippen molar-refractivity contribution in [3.05, 3.63) is 52.4 Å². The molecule has 0 amide bonds. The van der Waals surface area contributed by atoms with Crippen LogP contribution in [0.4, 0.5) is 0 Å². The van der Waals surface area contributed by atoms with Gasteiger partial charge in [-0.3, -0.25) is 0 Å². The van der Waals surface area contributed by atoms with E-state index in [2.05, 4.69) is 16.2 Å². The number of thiophene rings is 1. The van der Waals surface area contributed by atoms with Crippen molar-refractivity contribution in [2.24, 2.45) is 4.40 Å². The normalized spacial score (nSPS) is 12.0. The Morgan fingerprint density at radius 2 is 1.86 bits per heavy atom. The van der Waals surface area contributed by atoms with Gasteiger partial charge >= 0.3 is 0 Å². The largest absolute Gasteiger partial charge is 0.368 e. The van der Waals surface area contributed by atoms with E-state index >= 15 is 0 Å². The number of hydrogen-bond acceptors (Lipinski definition) is 2. The first-order valence-electron chi connectivity index (χ1n) is 6.35. The second kappa shape index (κ2) is 7.21. The Morgan fingerprint density at radius 1 is 1.14 bits per heavy atom. The van der Waals surface area contributed by atoms with E-state index < -0.39 is 11.0 Å². The fourth-order valence-corrected chi connectivity index (χ4v) is 3.28. The van der Waals surface area contributed by atoms with Crippen LogP contribution in [-0.4, -0.2) is 29.5 Å². The van der Waals surface area contributed by atoms with Crippen LogP contribution in [0.5, 0.6) is 0 Å². The van der Waals surface area contributed by atoms with Gasteiger partial charge in [-0.2, -0.15) is 4.40 Å². The van der Waals surface area contributed by atoms with Gasteiger partial charge in [0.15, 0.2) is 11.0 Å². The summed E-state index contributed by atoms with van der Waals surface area (Å²) in [4.78, 5) is 2.64. The number of benzene rings is 1. The van der Waals surface area contributed by atoms with E-state index in [0.717, 1.165) is 10.4 Å². The number of nitrogens with zero attached hydrogens (tertiary/aromatic N) is 2. The molecule has 108 valence electrons. The third-order valence-corrected chi connectivity index (χ3v) is 4.75. The Kier molecular flexibility index (Phi) is 5.32. The average molecular weight is 316 g/mol. The predicted molar refractivity (Wildman–Crippen MR) is 90.1 cm³/mol. The molecule has 0 saturated heterocycles. The fraction of sp³-hybridized carbons (Fsp3) is 0.188. The van der Waals surface area contributed by atoms with Gasteiger partial charge in [0.1, 0.15) is 10.5 Å². The van der Waals surface area contributed by atoms with Crippen LogP contribution in [0, 0.1) is 18.8 Å². The molecule has 0 bridgehead atoms. The molecule has 2 rings (SSSR count). The quantitative estimate of drug-likeness (QED) is 0.495. The zero-order valence-electron chi connectivity index (χ0n) is 12.2. The number of hydrogen-bond donors (Lipinski definition) is 0. The zero-order valence-corrected chi connectivity index (χ0v) is 13.8. The summed E-state index contributed by atoms with van der Waals surface area (Å²) in [6.07, 6.45) is 1.55. The monoisotopic (exact) mass is 316 g/mol. The Morgan fingerprint density at radius 3 is 2.52 bits per heavy atom. The van der Waals surface area contributed by atoms with Crippen LogP contribution in [-0.2, 0) is 11.0 Å². The third kappa shape index (κ3) is 4.85. The van der Waals surface area contributed by atoms with Crippen molar-refractivity contribution in [2.45, 2.75) is 11.1 Å². The smallest absolute Gasteiger partial charge is 0.184 e. The average Bonchev–Trinajstić information content (AvgIpc) is 2.93. The summed E-state index contributed by atoms with van der Waals surface area (Å²) in [6, 6.07) is 11.8. The van der Waals surface area contributed by atoms with Gasteiger partial charge in [0, 0.05) is 19.7 Å². The molecule has 0 N–H and O–H groups in total. The van der Waals surface area contributed by atoms with Crippen LogP contribution in [0.15, 0.2) is 45.0 Å². The summed E-state index contributed by atoms with van der Waals surface area (Å²) in [5.74, 6) is 6.20. The first-order chi connectivity index (χ1) is 10.0. The molecule has 1 atom stereocenters.